The van der Waals surface area contributed by atoms with E-state index >= 15 is 0 Å². The van der Waals surface area contributed by atoms with E-state index in [1.807, 2.05) is 0 Å². The molecule has 0 aliphatic rings. The Bertz CT molecular complexity index is 947. The Hall–Kier alpha value is -2.03. The van der Waals surface area contributed by atoms with Gasteiger partial charge in [0.15, 0.2) is 0 Å². The number of benzene rings is 2. The number of hydrogen-bond donors (Lipinski definition) is 1. The van der Waals surface area contributed by atoms with Crippen LogP contribution in [0.5, 0.6) is 0 Å². The monoisotopic (exact) mass is 294 g/mol. The number of anilines is 1. The molecule has 0 saturated carbocycles. The van der Waals surface area contributed by atoms with Gasteiger partial charge in [-0.3, -0.25) is 0 Å². The smallest absolute Gasteiger partial charge is 0.242 e. The van der Waals surface area contributed by atoms with E-state index in [2.05, 4.69) is 10.6 Å². The zero-order valence-corrected chi connectivity index (χ0v) is 11.2. The molecule has 2 aromatic rings. The van der Waals surface area contributed by atoms with Gasteiger partial charge in [-0.15, -0.1) is 6.42 Å². The summed E-state index contributed by atoms with van der Waals surface area (Å²) in [5.41, 5.74) is -0.114. The Morgan fingerprint density at radius 3 is 2.65 bits per heavy atom. The third-order valence-electron chi connectivity index (χ3n) is 2.75. The second kappa shape index (κ2) is 5.53. The summed E-state index contributed by atoms with van der Waals surface area (Å²) in [7, 11) is -3.95. The Morgan fingerprint density at radius 1 is 1.25 bits per heavy atom. The maximum Gasteiger partial charge on any atom is 0.242 e. The lowest BCUT2D eigenvalue weighted by atomic mass is 10.1. The van der Waals surface area contributed by atoms with Crippen LogP contribution >= 0.6 is 0 Å². The van der Waals surface area contributed by atoms with E-state index in [0.717, 1.165) is 0 Å². The van der Waals surface area contributed by atoms with Crippen LogP contribution in [-0.4, -0.2) is 28.9 Å². The molecule has 2 rings (SSSR count). The molecule has 0 bridgehead atoms. The van der Waals surface area contributed by atoms with Gasteiger partial charge >= 0.3 is 0 Å². The fourth-order valence-electron chi connectivity index (χ4n) is 1.91. The summed E-state index contributed by atoms with van der Waals surface area (Å²) in [5, 5.41) is 0.372. The highest BCUT2D eigenvalue weighted by Gasteiger charge is 2.17. The van der Waals surface area contributed by atoms with Crippen molar-refractivity contribution in [3.63, 3.8) is 0 Å². The molecule has 0 radical (unpaired) electrons. The van der Waals surface area contributed by atoms with Gasteiger partial charge in [-0.1, -0.05) is 30.2 Å². The Morgan fingerprint density at radius 2 is 1.95 bits per heavy atom. The highest BCUT2D eigenvalue weighted by Crippen LogP contribution is 2.29. The van der Waals surface area contributed by atoms with Crippen molar-refractivity contribution in [3.05, 3.63) is 36.4 Å². The van der Waals surface area contributed by atoms with Crippen molar-refractivity contribution in [1.29, 1.82) is 0 Å². The van der Waals surface area contributed by atoms with Gasteiger partial charge in [-0.25, -0.2) is 8.42 Å². The predicted molar refractivity (Wildman–Crippen MR) is 82.3 cm³/mol. The largest absolute Gasteiger partial charge is 0.377 e. The van der Waals surface area contributed by atoms with Crippen molar-refractivity contribution in [3.8, 4) is 12.3 Å². The molecule has 0 aromatic heterocycles. The summed E-state index contributed by atoms with van der Waals surface area (Å²) < 4.78 is 72.5. The van der Waals surface area contributed by atoms with Crippen LogP contribution in [0.4, 0.5) is 5.69 Å². The second-order valence-electron chi connectivity index (χ2n) is 3.99. The quantitative estimate of drug-likeness (QED) is 0.875. The molecule has 4 nitrogen and oxygen atoms in total. The van der Waals surface area contributed by atoms with Gasteiger partial charge < -0.3 is 4.90 Å². The molecule has 104 valence electrons. The summed E-state index contributed by atoms with van der Waals surface area (Å²) in [4.78, 5) is 0.205. The standard InChI is InChI=1S/C15H16N2O2S/c1-4-11-16-20(18,19)15-10-6-7-12-13(15)8-5-9-14(12)17(2)3/h1,5-10,16H,11H2,2-3H3/i2D3,3D3. The fraction of sp³-hybridized carbons (Fsp3) is 0.200. The molecule has 0 aliphatic carbocycles. The maximum atomic E-state index is 12.4. The summed E-state index contributed by atoms with van der Waals surface area (Å²) >= 11 is 0. The van der Waals surface area contributed by atoms with Gasteiger partial charge in [-0.2, -0.15) is 4.72 Å². The number of terminal acetylenes is 1. The lowest BCUT2D eigenvalue weighted by Crippen LogP contribution is -2.24. The zero-order chi connectivity index (χ0) is 19.8. The molecule has 0 heterocycles. The number of nitrogens with one attached hydrogen (secondary N) is 1. The third-order valence-corrected chi connectivity index (χ3v) is 4.21. The first kappa shape index (κ1) is 8.30. The third kappa shape index (κ3) is 2.62. The van der Waals surface area contributed by atoms with Gasteiger partial charge in [0.25, 0.3) is 0 Å². The van der Waals surface area contributed by atoms with Crippen LogP contribution in [0.2, 0.25) is 0 Å². The molecule has 0 spiro atoms. The summed E-state index contributed by atoms with van der Waals surface area (Å²) in [5.74, 6) is 2.16. The van der Waals surface area contributed by atoms with Crippen LogP contribution in [0.25, 0.3) is 10.8 Å². The molecule has 1 N–H and O–H groups in total. The lowest BCUT2D eigenvalue weighted by Gasteiger charge is -2.16. The van der Waals surface area contributed by atoms with Crippen molar-refractivity contribution >= 4 is 26.5 Å². The molecule has 0 atom stereocenters. The van der Waals surface area contributed by atoms with E-state index < -0.39 is 24.0 Å². The Labute approximate surface area is 127 Å². The van der Waals surface area contributed by atoms with E-state index in [1.54, 1.807) is 0 Å². The normalized spacial score (nSPS) is 16.9. The van der Waals surface area contributed by atoms with E-state index in [9.17, 15) is 8.42 Å². The van der Waals surface area contributed by atoms with Crippen LogP contribution in [-0.2, 0) is 10.0 Å². The molecule has 0 unspecified atom stereocenters. The molecular formula is C15H16N2O2S. The average Bonchev–Trinajstić information content (AvgIpc) is 2.50. The fourth-order valence-corrected chi connectivity index (χ4v) is 3.06. The number of fused-ring (bicyclic) bond motifs is 1. The summed E-state index contributed by atoms with van der Waals surface area (Å²) in [6.45, 7) is -6.11. The second-order valence-corrected chi connectivity index (χ2v) is 5.73. The van der Waals surface area contributed by atoms with E-state index in [-0.39, 0.29) is 27.9 Å². The molecule has 0 fully saturated rings. The van der Waals surface area contributed by atoms with Crippen LogP contribution in [0, 0.1) is 12.3 Å². The minimum Gasteiger partial charge on any atom is -0.377 e. The van der Waals surface area contributed by atoms with Crippen molar-refractivity contribution < 1.29 is 16.6 Å². The Balaban J connectivity index is 2.77. The van der Waals surface area contributed by atoms with E-state index in [4.69, 9.17) is 14.6 Å². The van der Waals surface area contributed by atoms with Crippen molar-refractivity contribution in [2.75, 3.05) is 25.4 Å². The number of sulfonamides is 1. The molecule has 0 saturated heterocycles. The summed E-state index contributed by atoms with van der Waals surface area (Å²) in [6.07, 6.45) is 5.08. The number of nitrogens with zero attached hydrogens (tertiary/aromatic N) is 1. The SMILES string of the molecule is [2H]C([2H])([2H])N(c1cccc2c(S(=O)(=O)NCC#C)cccc12)C([2H])([2H])[2H]. The molecule has 0 amide bonds. The molecule has 20 heavy (non-hydrogen) atoms. The highest BCUT2D eigenvalue weighted by molar-refractivity contribution is 7.89. The van der Waals surface area contributed by atoms with Gasteiger partial charge in [0.2, 0.25) is 10.0 Å². The van der Waals surface area contributed by atoms with Gasteiger partial charge in [0.1, 0.15) is 0 Å². The van der Waals surface area contributed by atoms with Crippen molar-refractivity contribution in [2.45, 2.75) is 4.90 Å². The first-order valence-corrected chi connectivity index (χ1v) is 7.13. The first-order valence-electron chi connectivity index (χ1n) is 8.65. The van der Waals surface area contributed by atoms with Gasteiger partial charge in [0, 0.05) is 38.6 Å². The predicted octanol–water partition coefficient (Wildman–Crippen LogP) is 1.82. The zero-order valence-electron chi connectivity index (χ0n) is 16.4. The molecule has 0 aliphatic heterocycles. The van der Waals surface area contributed by atoms with Crippen LogP contribution < -0.4 is 9.62 Å². The van der Waals surface area contributed by atoms with Crippen molar-refractivity contribution in [2.24, 2.45) is 0 Å². The first-order chi connectivity index (χ1) is 11.9. The average molecular weight is 294 g/mol. The van der Waals surface area contributed by atoms with Crippen molar-refractivity contribution in [1.82, 2.24) is 4.72 Å². The maximum absolute atomic E-state index is 12.4. The highest BCUT2D eigenvalue weighted by atomic mass is 32.2. The van der Waals surface area contributed by atoms with Crippen LogP contribution in [0.3, 0.4) is 0 Å². The van der Waals surface area contributed by atoms with Gasteiger partial charge in [-0.05, 0) is 12.1 Å². The number of rotatable bonds is 4. The molecule has 5 heteroatoms. The topological polar surface area (TPSA) is 49.4 Å². The van der Waals surface area contributed by atoms with Gasteiger partial charge in [0.05, 0.1) is 11.4 Å². The lowest BCUT2D eigenvalue weighted by molar-refractivity contribution is 0.587. The molecule has 2 aromatic carbocycles. The minimum atomic E-state index is -3.95. The molecular weight excluding hydrogens is 272 g/mol. The van der Waals surface area contributed by atoms with Crippen LogP contribution in [0.15, 0.2) is 41.3 Å². The number of hydrogen-bond acceptors (Lipinski definition) is 3. The van der Waals surface area contributed by atoms with Crippen LogP contribution in [0.1, 0.15) is 8.22 Å². The summed E-state index contributed by atoms with van der Waals surface area (Å²) in [6, 6.07) is 8.41. The minimum absolute atomic E-state index is 0.114. The van der Waals surface area contributed by atoms with E-state index in [1.165, 1.54) is 36.4 Å². The van der Waals surface area contributed by atoms with E-state index in [0.29, 0.717) is 4.90 Å². The Kier molecular flexibility index (Phi) is 2.30.